The monoisotopic (exact) mass is 314 g/mol. The zero-order chi connectivity index (χ0) is 17.4. The van der Waals surface area contributed by atoms with Crippen molar-refractivity contribution in [2.24, 2.45) is 0 Å². The van der Waals surface area contributed by atoms with E-state index in [0.29, 0.717) is 0 Å². The van der Waals surface area contributed by atoms with Crippen LogP contribution in [0.25, 0.3) is 11.1 Å². The molecule has 1 aliphatic rings. The largest absolute Gasteiger partial charge is 0.0912 e. The molecule has 1 aromatic rings. The normalized spacial score (nSPS) is 22.0. The van der Waals surface area contributed by atoms with Gasteiger partial charge < -0.3 is 0 Å². The zero-order valence-corrected chi connectivity index (χ0v) is 14.9. The molecule has 0 fully saturated rings. The van der Waals surface area contributed by atoms with E-state index in [9.17, 15) is 0 Å². The fourth-order valence-electron chi connectivity index (χ4n) is 2.49. The Morgan fingerprint density at radius 1 is 1.00 bits per heavy atom. The maximum Gasteiger partial charge on any atom is -0.0184 e. The zero-order valence-electron chi connectivity index (χ0n) is 14.9. The summed E-state index contributed by atoms with van der Waals surface area (Å²) < 4.78 is 0. The lowest BCUT2D eigenvalue weighted by Crippen LogP contribution is -1.85. The molecule has 24 heavy (non-hydrogen) atoms. The molecule has 122 valence electrons. The molecule has 0 atom stereocenters. The summed E-state index contributed by atoms with van der Waals surface area (Å²) in [7, 11) is 0. The van der Waals surface area contributed by atoms with Crippen molar-refractivity contribution in [3.05, 3.63) is 108 Å². The molecule has 0 saturated heterocycles. The average Bonchev–Trinajstić information content (AvgIpc) is 2.57. The summed E-state index contributed by atoms with van der Waals surface area (Å²) in [6, 6.07) is 8.60. The van der Waals surface area contributed by atoms with E-state index in [2.05, 4.69) is 106 Å². The average molecular weight is 314 g/mol. The second-order valence-corrected chi connectivity index (χ2v) is 6.04. The van der Waals surface area contributed by atoms with Crippen molar-refractivity contribution in [1.29, 1.82) is 0 Å². The van der Waals surface area contributed by atoms with Gasteiger partial charge in [0.05, 0.1) is 0 Å². The van der Waals surface area contributed by atoms with E-state index in [1.54, 1.807) is 0 Å². The second kappa shape index (κ2) is 8.88. The van der Waals surface area contributed by atoms with Gasteiger partial charge in [0.25, 0.3) is 0 Å². The van der Waals surface area contributed by atoms with Crippen LogP contribution in [0.3, 0.4) is 0 Å². The molecular formula is C24H26. The van der Waals surface area contributed by atoms with E-state index in [0.717, 1.165) is 17.6 Å². The van der Waals surface area contributed by atoms with Crippen LogP contribution >= 0.6 is 0 Å². The van der Waals surface area contributed by atoms with E-state index in [-0.39, 0.29) is 0 Å². The Morgan fingerprint density at radius 3 is 2.42 bits per heavy atom. The Balaban J connectivity index is 2.16. The summed E-state index contributed by atoms with van der Waals surface area (Å²) in [5, 5.41) is 0. The van der Waals surface area contributed by atoms with Gasteiger partial charge in [0.15, 0.2) is 0 Å². The van der Waals surface area contributed by atoms with Crippen molar-refractivity contribution in [1.82, 2.24) is 0 Å². The van der Waals surface area contributed by atoms with Crippen molar-refractivity contribution >= 4 is 11.1 Å². The molecule has 0 amide bonds. The summed E-state index contributed by atoms with van der Waals surface area (Å²) in [6.45, 7) is 10.6. The fraction of sp³-hybridized carbons (Fsp3) is 0.167. The molecular weight excluding hydrogens is 288 g/mol. The summed E-state index contributed by atoms with van der Waals surface area (Å²) in [4.78, 5) is 0. The molecule has 0 heterocycles. The maximum atomic E-state index is 4.18. The van der Waals surface area contributed by atoms with E-state index in [4.69, 9.17) is 0 Å². The first kappa shape index (κ1) is 17.7. The predicted octanol–water partition coefficient (Wildman–Crippen LogP) is 7.07. The van der Waals surface area contributed by atoms with Crippen LogP contribution < -0.4 is 0 Å². The third-order valence-electron chi connectivity index (χ3n) is 3.93. The molecule has 0 aromatic heterocycles. The molecule has 2 rings (SSSR count). The minimum absolute atomic E-state index is 1.03. The minimum Gasteiger partial charge on any atom is -0.0912 e. The van der Waals surface area contributed by atoms with E-state index in [1.807, 2.05) is 0 Å². The maximum absolute atomic E-state index is 4.18. The highest BCUT2D eigenvalue weighted by atomic mass is 14.1. The molecule has 0 spiro atoms. The van der Waals surface area contributed by atoms with E-state index < -0.39 is 0 Å². The number of allylic oxidation sites excluding steroid dienone is 13. The number of hydrogen-bond acceptors (Lipinski definition) is 0. The molecule has 0 radical (unpaired) electrons. The molecule has 0 saturated carbocycles. The number of rotatable bonds is 5. The molecule has 1 aromatic carbocycles. The Labute approximate surface area is 146 Å². The van der Waals surface area contributed by atoms with Crippen molar-refractivity contribution in [2.45, 2.75) is 27.2 Å². The minimum atomic E-state index is 1.03. The van der Waals surface area contributed by atoms with Crippen LogP contribution in [0.4, 0.5) is 0 Å². The van der Waals surface area contributed by atoms with Crippen LogP contribution in [-0.2, 0) is 0 Å². The molecule has 0 heteroatoms. The fourth-order valence-corrected chi connectivity index (χ4v) is 2.49. The quantitative estimate of drug-likeness (QED) is 0.510. The van der Waals surface area contributed by atoms with Crippen molar-refractivity contribution in [3.8, 4) is 0 Å². The van der Waals surface area contributed by atoms with Gasteiger partial charge >= 0.3 is 0 Å². The lowest BCUT2D eigenvalue weighted by Gasteiger charge is -2.06. The molecule has 0 unspecified atom stereocenters. The van der Waals surface area contributed by atoms with Gasteiger partial charge in [-0.25, -0.2) is 0 Å². The van der Waals surface area contributed by atoms with Gasteiger partial charge in [-0.05, 0) is 42.5 Å². The topological polar surface area (TPSA) is 0 Å². The highest BCUT2D eigenvalue weighted by Gasteiger charge is 2.00. The molecule has 0 nitrogen and oxygen atoms in total. The third kappa shape index (κ3) is 5.24. The van der Waals surface area contributed by atoms with Crippen LogP contribution in [0.15, 0.2) is 96.7 Å². The van der Waals surface area contributed by atoms with Crippen molar-refractivity contribution in [2.75, 3.05) is 0 Å². The van der Waals surface area contributed by atoms with Crippen LogP contribution in [0.1, 0.15) is 38.3 Å². The Bertz CT molecular complexity index is 757. The summed E-state index contributed by atoms with van der Waals surface area (Å²) in [5.74, 6) is 0. The SMILES string of the molecule is C=C(/C=C\C(C)=C/CC)c1ccc(C2=C/C=C(C)\C=C\C=C\2)cc1. The first-order valence-corrected chi connectivity index (χ1v) is 8.48. The van der Waals surface area contributed by atoms with Gasteiger partial charge in [0.1, 0.15) is 0 Å². The summed E-state index contributed by atoms with van der Waals surface area (Å²) in [6.07, 6.45) is 20.2. The lowest BCUT2D eigenvalue weighted by molar-refractivity contribution is 1.20. The van der Waals surface area contributed by atoms with Crippen molar-refractivity contribution < 1.29 is 0 Å². The van der Waals surface area contributed by atoms with Gasteiger partial charge in [0.2, 0.25) is 0 Å². The van der Waals surface area contributed by atoms with Crippen LogP contribution in [0.5, 0.6) is 0 Å². The second-order valence-electron chi connectivity index (χ2n) is 6.04. The first-order valence-electron chi connectivity index (χ1n) is 8.48. The highest BCUT2D eigenvalue weighted by Crippen LogP contribution is 2.22. The molecule has 0 bridgehead atoms. The Kier molecular flexibility index (Phi) is 6.57. The predicted molar refractivity (Wildman–Crippen MR) is 109 cm³/mol. The number of benzene rings is 1. The molecule has 1 aliphatic carbocycles. The number of hydrogen-bond donors (Lipinski definition) is 0. The summed E-state index contributed by atoms with van der Waals surface area (Å²) >= 11 is 0. The highest BCUT2D eigenvalue weighted by molar-refractivity contribution is 5.78. The van der Waals surface area contributed by atoms with Gasteiger partial charge in [0, 0.05) is 0 Å². The lowest BCUT2D eigenvalue weighted by atomic mass is 9.99. The smallest absolute Gasteiger partial charge is 0.0184 e. The van der Waals surface area contributed by atoms with Gasteiger partial charge in [-0.3, -0.25) is 0 Å². The molecule has 0 aliphatic heterocycles. The molecule has 0 N–H and O–H groups in total. The van der Waals surface area contributed by atoms with Gasteiger partial charge in [-0.15, -0.1) is 0 Å². The van der Waals surface area contributed by atoms with Gasteiger partial charge in [-0.2, -0.15) is 0 Å². The standard InChI is InChI=1S/C24H26/c1-5-8-19(2)11-13-21(4)22-15-17-24(18-16-22)23-10-7-6-9-20(3)12-14-23/h6-18H,4-5H2,1-3H3/b7-6?,9-6+,10-7+,13-11-,14-12?,19-8-,20-9?,20-12-,23-10?,23-14+. The van der Waals surface area contributed by atoms with E-state index >= 15 is 0 Å². The van der Waals surface area contributed by atoms with E-state index in [1.165, 1.54) is 22.3 Å². The van der Waals surface area contributed by atoms with Gasteiger partial charge in [-0.1, -0.05) is 104 Å². The first-order chi connectivity index (χ1) is 11.6. The van der Waals surface area contributed by atoms with Crippen LogP contribution in [0, 0.1) is 0 Å². The Morgan fingerprint density at radius 2 is 1.71 bits per heavy atom. The van der Waals surface area contributed by atoms with Crippen molar-refractivity contribution in [3.63, 3.8) is 0 Å². The van der Waals surface area contributed by atoms with Crippen LogP contribution in [0.2, 0.25) is 0 Å². The summed E-state index contributed by atoms with van der Waals surface area (Å²) in [5.41, 5.74) is 7.15. The third-order valence-corrected chi connectivity index (χ3v) is 3.93. The van der Waals surface area contributed by atoms with Crippen LogP contribution in [-0.4, -0.2) is 0 Å². The Hall–Kier alpha value is -2.60.